The highest BCUT2D eigenvalue weighted by Gasteiger charge is 2.33. The molecule has 3 atom stereocenters. The van der Waals surface area contributed by atoms with Crippen LogP contribution in [0.15, 0.2) is 18.2 Å². The Balaban J connectivity index is 1.50. The molecule has 1 aromatic carbocycles. The molecule has 22 heavy (non-hydrogen) atoms. The molecule has 2 aliphatic heterocycles. The van der Waals surface area contributed by atoms with Gasteiger partial charge in [0.2, 0.25) is 0 Å². The summed E-state index contributed by atoms with van der Waals surface area (Å²) in [7, 11) is 0. The van der Waals surface area contributed by atoms with Gasteiger partial charge in [0.1, 0.15) is 0 Å². The van der Waals surface area contributed by atoms with E-state index in [1.165, 1.54) is 49.9 Å². The van der Waals surface area contributed by atoms with Crippen molar-refractivity contribution in [1.29, 1.82) is 0 Å². The van der Waals surface area contributed by atoms with Gasteiger partial charge in [-0.05, 0) is 74.6 Å². The minimum absolute atomic E-state index is 0.169. The van der Waals surface area contributed by atoms with Crippen molar-refractivity contribution in [2.75, 3.05) is 19.6 Å². The van der Waals surface area contributed by atoms with Crippen LogP contribution in [0.4, 0.5) is 0 Å². The molecule has 3 heteroatoms. The van der Waals surface area contributed by atoms with E-state index in [2.05, 4.69) is 22.3 Å². The average Bonchev–Trinajstić information content (AvgIpc) is 2.57. The largest absolute Gasteiger partial charge is 0.349 e. The van der Waals surface area contributed by atoms with Gasteiger partial charge in [-0.2, -0.15) is 0 Å². The highest BCUT2D eigenvalue weighted by molar-refractivity contribution is 5.96. The molecule has 3 unspecified atom stereocenters. The minimum atomic E-state index is 0.169. The number of piperidine rings is 2. The summed E-state index contributed by atoms with van der Waals surface area (Å²) >= 11 is 0. The molecule has 2 fully saturated rings. The molecular formula is C19H26N2O. The maximum absolute atomic E-state index is 12.8. The van der Waals surface area contributed by atoms with Gasteiger partial charge in [0.25, 0.3) is 5.91 Å². The van der Waals surface area contributed by atoms with Crippen LogP contribution in [0.2, 0.25) is 0 Å². The third kappa shape index (κ3) is 2.67. The van der Waals surface area contributed by atoms with Gasteiger partial charge < -0.3 is 10.2 Å². The first-order valence-corrected chi connectivity index (χ1v) is 8.95. The van der Waals surface area contributed by atoms with Crippen LogP contribution in [0.3, 0.4) is 0 Å². The first kappa shape index (κ1) is 14.3. The number of benzene rings is 1. The van der Waals surface area contributed by atoms with Gasteiger partial charge in [-0.1, -0.05) is 12.1 Å². The van der Waals surface area contributed by atoms with Crippen LogP contribution in [-0.2, 0) is 12.8 Å². The summed E-state index contributed by atoms with van der Waals surface area (Å²) in [5.41, 5.74) is 3.65. The second-order valence-electron chi connectivity index (χ2n) is 7.22. The molecule has 2 saturated heterocycles. The van der Waals surface area contributed by atoms with E-state index in [-0.39, 0.29) is 5.91 Å². The van der Waals surface area contributed by atoms with Crippen molar-refractivity contribution in [3.63, 3.8) is 0 Å². The van der Waals surface area contributed by atoms with Crippen LogP contribution in [0, 0.1) is 5.92 Å². The molecule has 1 aromatic rings. The van der Waals surface area contributed by atoms with Crippen LogP contribution in [0.5, 0.6) is 0 Å². The van der Waals surface area contributed by atoms with Crippen molar-refractivity contribution >= 4 is 5.91 Å². The fraction of sp³-hybridized carbons (Fsp3) is 0.632. The maximum Gasteiger partial charge on any atom is 0.251 e. The van der Waals surface area contributed by atoms with E-state index in [1.54, 1.807) is 0 Å². The monoisotopic (exact) mass is 298 g/mol. The molecule has 2 heterocycles. The number of hydrogen-bond acceptors (Lipinski definition) is 2. The van der Waals surface area contributed by atoms with E-state index in [0.717, 1.165) is 31.4 Å². The Morgan fingerprint density at radius 3 is 2.95 bits per heavy atom. The molecule has 0 radical (unpaired) electrons. The molecule has 1 aliphatic carbocycles. The molecule has 118 valence electrons. The summed E-state index contributed by atoms with van der Waals surface area (Å²) in [5, 5.41) is 3.38. The Hall–Kier alpha value is -1.35. The Bertz CT molecular complexity index is 569. The minimum Gasteiger partial charge on any atom is -0.349 e. The summed E-state index contributed by atoms with van der Waals surface area (Å²) in [6, 6.07) is 6.66. The predicted octanol–water partition coefficient (Wildman–Crippen LogP) is 2.78. The molecule has 1 amide bonds. The number of aryl methyl sites for hydroxylation is 1. The van der Waals surface area contributed by atoms with E-state index in [0.29, 0.717) is 12.0 Å². The van der Waals surface area contributed by atoms with Gasteiger partial charge in [0.15, 0.2) is 0 Å². The number of hydrogen-bond donors (Lipinski definition) is 1. The number of nitrogens with one attached hydrogen (secondary N) is 1. The molecule has 1 N–H and O–H groups in total. The van der Waals surface area contributed by atoms with Crippen LogP contribution < -0.4 is 5.32 Å². The van der Waals surface area contributed by atoms with Gasteiger partial charge in [-0.25, -0.2) is 0 Å². The molecule has 4 rings (SSSR count). The zero-order chi connectivity index (χ0) is 14.9. The second-order valence-corrected chi connectivity index (χ2v) is 7.22. The lowest BCUT2D eigenvalue weighted by molar-refractivity contribution is 0.0738. The van der Waals surface area contributed by atoms with E-state index < -0.39 is 0 Å². The van der Waals surface area contributed by atoms with Gasteiger partial charge in [0, 0.05) is 24.7 Å². The number of rotatable bonds is 2. The topological polar surface area (TPSA) is 32.3 Å². The first-order chi connectivity index (χ1) is 10.8. The second kappa shape index (κ2) is 6.04. The summed E-state index contributed by atoms with van der Waals surface area (Å²) in [5.74, 6) is 0.828. The normalized spacial score (nSPS) is 30.5. The zero-order valence-corrected chi connectivity index (χ0v) is 13.3. The SMILES string of the molecule is O=C(NC1CCN2CCCC1C2)c1cccc2c1CCCC2. The van der Waals surface area contributed by atoms with Crippen molar-refractivity contribution in [1.82, 2.24) is 10.2 Å². The number of nitrogens with zero attached hydrogens (tertiary/aromatic N) is 1. The fourth-order valence-electron chi connectivity index (χ4n) is 4.61. The number of fused-ring (bicyclic) bond motifs is 3. The summed E-state index contributed by atoms with van der Waals surface area (Å²) in [6.45, 7) is 3.58. The Labute approximate surface area is 133 Å². The molecule has 0 spiro atoms. The van der Waals surface area contributed by atoms with Gasteiger partial charge >= 0.3 is 0 Å². The Kier molecular flexibility index (Phi) is 3.91. The van der Waals surface area contributed by atoms with Crippen molar-refractivity contribution in [3.05, 3.63) is 34.9 Å². The van der Waals surface area contributed by atoms with E-state index in [4.69, 9.17) is 0 Å². The lowest BCUT2D eigenvalue weighted by Crippen LogP contribution is -2.53. The lowest BCUT2D eigenvalue weighted by Gasteiger charge is -2.42. The summed E-state index contributed by atoms with van der Waals surface area (Å²) in [6.07, 6.45) is 8.37. The number of carbonyl (C=O) groups excluding carboxylic acids is 1. The van der Waals surface area contributed by atoms with Crippen molar-refractivity contribution < 1.29 is 4.79 Å². The van der Waals surface area contributed by atoms with Crippen molar-refractivity contribution in [2.24, 2.45) is 5.92 Å². The number of amides is 1. The third-order valence-corrected chi connectivity index (χ3v) is 5.82. The smallest absolute Gasteiger partial charge is 0.251 e. The van der Waals surface area contributed by atoms with Gasteiger partial charge in [0.05, 0.1) is 0 Å². The molecular weight excluding hydrogens is 272 g/mol. The van der Waals surface area contributed by atoms with E-state index in [9.17, 15) is 4.79 Å². The lowest BCUT2D eigenvalue weighted by atomic mass is 9.84. The summed E-state index contributed by atoms with van der Waals surface area (Å²) in [4.78, 5) is 15.4. The third-order valence-electron chi connectivity index (χ3n) is 5.82. The summed E-state index contributed by atoms with van der Waals surface area (Å²) < 4.78 is 0. The maximum atomic E-state index is 12.8. The standard InChI is InChI=1S/C19H26N2O/c22-19(17-9-3-6-14-5-1-2-8-16(14)17)20-18-10-12-21-11-4-7-15(18)13-21/h3,6,9,15,18H,1-2,4-5,7-8,10-13H2,(H,20,22). The van der Waals surface area contributed by atoms with Crippen LogP contribution in [-0.4, -0.2) is 36.5 Å². The van der Waals surface area contributed by atoms with E-state index in [1.807, 2.05) is 6.07 Å². The highest BCUT2D eigenvalue weighted by atomic mass is 16.1. The van der Waals surface area contributed by atoms with Gasteiger partial charge in [-0.15, -0.1) is 0 Å². The zero-order valence-electron chi connectivity index (χ0n) is 13.3. The van der Waals surface area contributed by atoms with Crippen LogP contribution in [0.25, 0.3) is 0 Å². The van der Waals surface area contributed by atoms with Crippen molar-refractivity contribution in [3.8, 4) is 0 Å². The van der Waals surface area contributed by atoms with E-state index >= 15 is 0 Å². The Morgan fingerprint density at radius 1 is 1.09 bits per heavy atom. The predicted molar refractivity (Wildman–Crippen MR) is 88.1 cm³/mol. The first-order valence-electron chi connectivity index (χ1n) is 8.95. The molecule has 0 saturated carbocycles. The van der Waals surface area contributed by atoms with Crippen LogP contribution in [0.1, 0.15) is 53.6 Å². The quantitative estimate of drug-likeness (QED) is 0.910. The fourth-order valence-corrected chi connectivity index (χ4v) is 4.61. The van der Waals surface area contributed by atoms with Gasteiger partial charge in [-0.3, -0.25) is 4.79 Å². The molecule has 3 nitrogen and oxygen atoms in total. The molecule has 3 aliphatic rings. The Morgan fingerprint density at radius 2 is 2.00 bits per heavy atom. The highest BCUT2D eigenvalue weighted by Crippen LogP contribution is 2.28. The molecule has 2 bridgehead atoms. The van der Waals surface area contributed by atoms with Crippen molar-refractivity contribution in [2.45, 2.75) is 51.0 Å². The molecule has 0 aromatic heterocycles. The number of carbonyl (C=O) groups is 1. The average molecular weight is 298 g/mol. The van der Waals surface area contributed by atoms with Crippen LogP contribution >= 0.6 is 0 Å².